The van der Waals surface area contributed by atoms with Crippen molar-refractivity contribution in [2.75, 3.05) is 14.2 Å². The third kappa shape index (κ3) is 2.80. The first-order chi connectivity index (χ1) is 11.2. The summed E-state index contributed by atoms with van der Waals surface area (Å²) < 4.78 is 7.26. The Morgan fingerprint density at radius 3 is 2.78 bits per heavy atom. The number of aryl methyl sites for hydroxylation is 1. The molecule has 0 aromatic carbocycles. The molecular formula is C18H25N3O2. The van der Waals surface area contributed by atoms with Gasteiger partial charge in [-0.3, -0.25) is 9.20 Å². The molecule has 1 saturated carbocycles. The summed E-state index contributed by atoms with van der Waals surface area (Å²) in [5.41, 5.74) is 2.23. The van der Waals surface area contributed by atoms with Crippen molar-refractivity contribution >= 4 is 11.6 Å². The average Bonchev–Trinajstić information content (AvgIpc) is 2.99. The largest absolute Gasteiger partial charge is 0.493 e. The topological polar surface area (TPSA) is 46.8 Å². The van der Waals surface area contributed by atoms with Gasteiger partial charge in [0.15, 0.2) is 11.4 Å². The van der Waals surface area contributed by atoms with Crippen LogP contribution in [0.3, 0.4) is 0 Å². The van der Waals surface area contributed by atoms with E-state index >= 15 is 0 Å². The molecule has 5 nitrogen and oxygen atoms in total. The lowest BCUT2D eigenvalue weighted by molar-refractivity contribution is 0.0688. The van der Waals surface area contributed by atoms with Crippen molar-refractivity contribution in [2.45, 2.75) is 51.5 Å². The SMILES string of the molecule is CCc1nc2c(OC)cccn2c1C(=O)N(C)C1CCCCC1. The zero-order chi connectivity index (χ0) is 16.4. The van der Waals surface area contributed by atoms with Gasteiger partial charge in [-0.2, -0.15) is 0 Å². The van der Waals surface area contributed by atoms with Crippen LogP contribution in [0.25, 0.3) is 5.65 Å². The molecule has 0 bridgehead atoms. The Morgan fingerprint density at radius 2 is 2.13 bits per heavy atom. The van der Waals surface area contributed by atoms with Crippen LogP contribution in [0.2, 0.25) is 0 Å². The molecule has 0 spiro atoms. The molecule has 23 heavy (non-hydrogen) atoms. The predicted octanol–water partition coefficient (Wildman–Crippen LogP) is 3.31. The summed E-state index contributed by atoms with van der Waals surface area (Å²) in [7, 11) is 3.56. The summed E-state index contributed by atoms with van der Waals surface area (Å²) in [5, 5.41) is 0. The second kappa shape index (κ2) is 6.60. The minimum atomic E-state index is 0.0644. The molecule has 5 heteroatoms. The molecule has 2 aromatic rings. The lowest BCUT2D eigenvalue weighted by Crippen LogP contribution is -2.39. The number of amides is 1. The number of fused-ring (bicyclic) bond motifs is 1. The number of rotatable bonds is 4. The van der Waals surface area contributed by atoms with Crippen molar-refractivity contribution in [1.82, 2.24) is 14.3 Å². The van der Waals surface area contributed by atoms with E-state index in [1.165, 1.54) is 19.3 Å². The number of hydrogen-bond acceptors (Lipinski definition) is 3. The fraction of sp³-hybridized carbons (Fsp3) is 0.556. The Hall–Kier alpha value is -2.04. The second-order valence-corrected chi connectivity index (χ2v) is 6.24. The zero-order valence-corrected chi connectivity index (χ0v) is 14.2. The fourth-order valence-corrected chi connectivity index (χ4v) is 3.52. The quantitative estimate of drug-likeness (QED) is 0.869. The minimum Gasteiger partial charge on any atom is -0.493 e. The molecule has 1 aliphatic carbocycles. The van der Waals surface area contributed by atoms with Gasteiger partial charge in [0, 0.05) is 19.3 Å². The van der Waals surface area contributed by atoms with Crippen LogP contribution in [0, 0.1) is 0 Å². The van der Waals surface area contributed by atoms with Crippen molar-refractivity contribution in [3.05, 3.63) is 29.7 Å². The number of methoxy groups -OCH3 is 1. The number of nitrogens with zero attached hydrogens (tertiary/aromatic N) is 3. The second-order valence-electron chi connectivity index (χ2n) is 6.24. The molecule has 2 heterocycles. The summed E-state index contributed by atoms with van der Waals surface area (Å²) in [6.07, 6.45) is 8.53. The Labute approximate surface area is 137 Å². The maximum absolute atomic E-state index is 13.1. The van der Waals surface area contributed by atoms with Gasteiger partial charge in [-0.1, -0.05) is 26.2 Å². The van der Waals surface area contributed by atoms with Gasteiger partial charge >= 0.3 is 0 Å². The maximum Gasteiger partial charge on any atom is 0.272 e. The van der Waals surface area contributed by atoms with Crippen molar-refractivity contribution < 1.29 is 9.53 Å². The molecule has 0 saturated heterocycles. The van der Waals surface area contributed by atoms with Gasteiger partial charge in [0.2, 0.25) is 0 Å². The van der Waals surface area contributed by atoms with Gasteiger partial charge < -0.3 is 9.64 Å². The number of pyridine rings is 1. The normalized spacial score (nSPS) is 15.8. The van der Waals surface area contributed by atoms with Crippen LogP contribution in [-0.2, 0) is 6.42 Å². The lowest BCUT2D eigenvalue weighted by Gasteiger charge is -2.31. The van der Waals surface area contributed by atoms with Crippen LogP contribution in [-0.4, -0.2) is 40.4 Å². The first-order valence-corrected chi connectivity index (χ1v) is 8.48. The van der Waals surface area contributed by atoms with E-state index in [0.717, 1.165) is 25.0 Å². The first-order valence-electron chi connectivity index (χ1n) is 8.48. The van der Waals surface area contributed by atoms with Crippen LogP contribution >= 0.6 is 0 Å². The number of carbonyl (C=O) groups is 1. The van der Waals surface area contributed by atoms with E-state index in [2.05, 4.69) is 4.98 Å². The molecule has 0 unspecified atom stereocenters. The highest BCUT2D eigenvalue weighted by Gasteiger charge is 2.27. The van der Waals surface area contributed by atoms with Gasteiger partial charge in [-0.05, 0) is 31.4 Å². The molecule has 0 N–H and O–H groups in total. The molecule has 2 aromatic heterocycles. The van der Waals surface area contributed by atoms with Crippen LogP contribution in [0.15, 0.2) is 18.3 Å². The average molecular weight is 315 g/mol. The van der Waals surface area contributed by atoms with E-state index in [-0.39, 0.29) is 5.91 Å². The summed E-state index contributed by atoms with van der Waals surface area (Å²) >= 11 is 0. The van der Waals surface area contributed by atoms with Crippen molar-refractivity contribution in [3.8, 4) is 5.75 Å². The van der Waals surface area contributed by atoms with E-state index in [1.807, 2.05) is 41.6 Å². The third-order valence-corrected chi connectivity index (χ3v) is 4.89. The number of aromatic nitrogens is 2. The first kappa shape index (κ1) is 15.8. The molecule has 0 radical (unpaired) electrons. The van der Waals surface area contributed by atoms with Gasteiger partial charge in [0.25, 0.3) is 5.91 Å². The van der Waals surface area contributed by atoms with Crippen LogP contribution in [0.4, 0.5) is 0 Å². The molecule has 3 rings (SSSR count). The lowest BCUT2D eigenvalue weighted by atomic mass is 9.94. The van der Waals surface area contributed by atoms with Crippen LogP contribution in [0.1, 0.15) is 55.2 Å². The van der Waals surface area contributed by atoms with E-state index in [0.29, 0.717) is 23.1 Å². The molecule has 1 amide bonds. The van der Waals surface area contributed by atoms with Crippen LogP contribution in [0.5, 0.6) is 5.75 Å². The highest BCUT2D eigenvalue weighted by molar-refractivity contribution is 5.95. The van der Waals surface area contributed by atoms with Crippen molar-refractivity contribution in [3.63, 3.8) is 0 Å². The maximum atomic E-state index is 13.1. The van der Waals surface area contributed by atoms with E-state index in [1.54, 1.807) is 7.11 Å². The summed E-state index contributed by atoms with van der Waals surface area (Å²) in [5.74, 6) is 0.760. The van der Waals surface area contributed by atoms with Gasteiger partial charge in [0.05, 0.1) is 12.8 Å². The van der Waals surface area contributed by atoms with Crippen molar-refractivity contribution in [1.29, 1.82) is 0 Å². The van der Waals surface area contributed by atoms with E-state index in [9.17, 15) is 4.79 Å². The Kier molecular flexibility index (Phi) is 4.55. The Morgan fingerprint density at radius 1 is 1.39 bits per heavy atom. The van der Waals surface area contributed by atoms with E-state index < -0.39 is 0 Å². The number of carbonyl (C=O) groups excluding carboxylic acids is 1. The van der Waals surface area contributed by atoms with Crippen molar-refractivity contribution in [2.24, 2.45) is 0 Å². The minimum absolute atomic E-state index is 0.0644. The number of ether oxygens (including phenoxy) is 1. The fourth-order valence-electron chi connectivity index (χ4n) is 3.52. The summed E-state index contributed by atoms with van der Waals surface area (Å²) in [6, 6.07) is 4.11. The van der Waals surface area contributed by atoms with Gasteiger partial charge in [-0.15, -0.1) is 0 Å². The highest BCUT2D eigenvalue weighted by atomic mass is 16.5. The molecule has 1 aliphatic rings. The monoisotopic (exact) mass is 315 g/mol. The predicted molar refractivity (Wildman–Crippen MR) is 90.1 cm³/mol. The van der Waals surface area contributed by atoms with Gasteiger partial charge in [-0.25, -0.2) is 4.98 Å². The molecule has 0 atom stereocenters. The Balaban J connectivity index is 2.02. The third-order valence-electron chi connectivity index (χ3n) is 4.89. The Bertz CT molecular complexity index is 702. The number of hydrogen-bond donors (Lipinski definition) is 0. The summed E-state index contributed by atoms with van der Waals surface area (Å²) in [6.45, 7) is 2.03. The number of imidazole rings is 1. The standard InChI is InChI=1S/C18H25N3O2/c1-4-14-16(18(22)20(2)13-9-6-5-7-10-13)21-12-8-11-15(23-3)17(21)19-14/h8,11-13H,4-7,9-10H2,1-3H3. The zero-order valence-electron chi connectivity index (χ0n) is 14.2. The summed E-state index contributed by atoms with van der Waals surface area (Å²) in [4.78, 5) is 19.7. The van der Waals surface area contributed by atoms with E-state index in [4.69, 9.17) is 4.74 Å². The van der Waals surface area contributed by atoms with Crippen LogP contribution < -0.4 is 4.74 Å². The highest BCUT2D eigenvalue weighted by Crippen LogP contribution is 2.26. The molecular weight excluding hydrogens is 290 g/mol. The van der Waals surface area contributed by atoms with Gasteiger partial charge in [0.1, 0.15) is 5.69 Å². The molecule has 0 aliphatic heterocycles. The molecule has 1 fully saturated rings. The molecule has 124 valence electrons. The smallest absolute Gasteiger partial charge is 0.272 e.